The monoisotopic (exact) mass is 253 g/mol. The lowest BCUT2D eigenvalue weighted by molar-refractivity contribution is -0.0330. The van der Waals surface area contributed by atoms with Gasteiger partial charge in [0.25, 0.3) is 0 Å². The molecule has 1 aliphatic rings. The quantitative estimate of drug-likeness (QED) is 0.846. The molecule has 1 aliphatic carbocycles. The highest BCUT2D eigenvalue weighted by molar-refractivity contribution is 5.30. The Hall–Kier alpha value is -1.13. The molecular formula is C14H20FNO2. The van der Waals surface area contributed by atoms with Gasteiger partial charge in [-0.1, -0.05) is 6.07 Å². The van der Waals surface area contributed by atoms with Crippen LogP contribution in [0, 0.1) is 5.82 Å². The maximum Gasteiger partial charge on any atom is 0.131 e. The van der Waals surface area contributed by atoms with E-state index < -0.39 is 5.60 Å². The van der Waals surface area contributed by atoms with Gasteiger partial charge >= 0.3 is 0 Å². The highest BCUT2D eigenvalue weighted by atomic mass is 19.1. The summed E-state index contributed by atoms with van der Waals surface area (Å²) < 4.78 is 18.8. The summed E-state index contributed by atoms with van der Waals surface area (Å²) in [7, 11) is 1.52. The van der Waals surface area contributed by atoms with Gasteiger partial charge in [-0.2, -0.15) is 0 Å². The second-order valence-corrected chi connectivity index (χ2v) is 5.07. The molecule has 0 aromatic heterocycles. The van der Waals surface area contributed by atoms with Gasteiger partial charge in [-0.15, -0.1) is 0 Å². The topological polar surface area (TPSA) is 41.5 Å². The minimum absolute atomic E-state index is 0.125. The van der Waals surface area contributed by atoms with Crippen LogP contribution in [0.3, 0.4) is 0 Å². The van der Waals surface area contributed by atoms with Crippen LogP contribution in [-0.4, -0.2) is 24.4 Å². The number of rotatable bonds is 5. The first kappa shape index (κ1) is 13.3. The summed E-state index contributed by atoms with van der Waals surface area (Å²) in [6, 6.07) is 4.72. The molecule has 1 aromatic carbocycles. The summed E-state index contributed by atoms with van der Waals surface area (Å²) in [6.45, 7) is 2.41. The summed E-state index contributed by atoms with van der Waals surface area (Å²) >= 11 is 0. The molecule has 18 heavy (non-hydrogen) atoms. The third kappa shape index (κ3) is 2.82. The molecule has 1 atom stereocenters. The van der Waals surface area contributed by atoms with Crippen molar-refractivity contribution in [1.29, 1.82) is 0 Å². The minimum Gasteiger partial charge on any atom is -0.497 e. The molecule has 0 aliphatic heterocycles. The van der Waals surface area contributed by atoms with E-state index in [1.807, 2.05) is 6.92 Å². The first-order valence-corrected chi connectivity index (χ1v) is 6.33. The number of hydrogen-bond donors (Lipinski definition) is 2. The third-order valence-electron chi connectivity index (χ3n) is 3.70. The van der Waals surface area contributed by atoms with Gasteiger partial charge in [0.1, 0.15) is 11.6 Å². The fourth-order valence-electron chi connectivity index (χ4n) is 2.20. The van der Waals surface area contributed by atoms with Gasteiger partial charge in [-0.3, -0.25) is 0 Å². The van der Waals surface area contributed by atoms with Crippen molar-refractivity contribution in [2.45, 2.75) is 37.8 Å². The first-order valence-electron chi connectivity index (χ1n) is 6.33. The van der Waals surface area contributed by atoms with Gasteiger partial charge < -0.3 is 15.2 Å². The Balaban J connectivity index is 1.97. The Morgan fingerprint density at radius 3 is 2.72 bits per heavy atom. The van der Waals surface area contributed by atoms with E-state index >= 15 is 0 Å². The Morgan fingerprint density at radius 2 is 2.22 bits per heavy atom. The van der Waals surface area contributed by atoms with Gasteiger partial charge in [-0.25, -0.2) is 4.39 Å². The minimum atomic E-state index is -0.586. The van der Waals surface area contributed by atoms with Crippen LogP contribution >= 0.6 is 0 Å². The molecule has 0 radical (unpaired) electrons. The summed E-state index contributed by atoms with van der Waals surface area (Å²) in [5.41, 5.74) is 0.00994. The van der Waals surface area contributed by atoms with E-state index in [9.17, 15) is 9.50 Å². The summed E-state index contributed by atoms with van der Waals surface area (Å²) in [5, 5.41) is 13.2. The predicted octanol–water partition coefficient (Wildman–Crippen LogP) is 2.40. The molecule has 0 amide bonds. The van der Waals surface area contributed by atoms with E-state index in [4.69, 9.17) is 4.74 Å². The van der Waals surface area contributed by atoms with Crippen LogP contribution in [0.15, 0.2) is 18.2 Å². The van der Waals surface area contributed by atoms with E-state index in [-0.39, 0.29) is 11.9 Å². The van der Waals surface area contributed by atoms with Crippen LogP contribution in [0.1, 0.15) is 37.8 Å². The van der Waals surface area contributed by atoms with Gasteiger partial charge in [0, 0.05) is 24.2 Å². The van der Waals surface area contributed by atoms with Gasteiger partial charge in [0.05, 0.1) is 12.7 Å². The highest BCUT2D eigenvalue weighted by Crippen LogP contribution is 2.31. The number of halogens is 1. The molecule has 1 saturated carbocycles. The molecule has 3 nitrogen and oxygen atoms in total. The lowest BCUT2D eigenvalue weighted by atomic mass is 9.80. The van der Waals surface area contributed by atoms with Crippen molar-refractivity contribution in [1.82, 2.24) is 5.32 Å². The van der Waals surface area contributed by atoms with Crippen molar-refractivity contribution in [2.24, 2.45) is 0 Å². The van der Waals surface area contributed by atoms with Crippen molar-refractivity contribution in [2.75, 3.05) is 13.7 Å². The van der Waals surface area contributed by atoms with Crippen LogP contribution in [0.5, 0.6) is 5.75 Å². The van der Waals surface area contributed by atoms with Crippen LogP contribution < -0.4 is 10.1 Å². The molecule has 4 heteroatoms. The average Bonchev–Trinajstić information content (AvgIpc) is 2.33. The summed E-state index contributed by atoms with van der Waals surface area (Å²) in [6.07, 6.45) is 2.74. The molecule has 2 N–H and O–H groups in total. The lowest BCUT2D eigenvalue weighted by Gasteiger charge is -2.37. The maximum atomic E-state index is 13.8. The lowest BCUT2D eigenvalue weighted by Crippen LogP contribution is -2.46. The van der Waals surface area contributed by atoms with E-state index in [1.54, 1.807) is 12.1 Å². The van der Waals surface area contributed by atoms with Crippen molar-refractivity contribution in [3.8, 4) is 5.75 Å². The first-order chi connectivity index (χ1) is 8.54. The second-order valence-electron chi connectivity index (χ2n) is 5.07. The second kappa shape index (κ2) is 5.24. The van der Waals surface area contributed by atoms with E-state index in [1.165, 1.54) is 13.2 Å². The largest absolute Gasteiger partial charge is 0.497 e. The molecule has 2 rings (SSSR count). The standard InChI is InChI=1S/C14H20FNO2/c1-10(16-9-14(17)6-3-7-14)12-5-4-11(18-2)8-13(12)15/h4-5,8,10,16-17H,3,6-7,9H2,1-2H3. The fraction of sp³-hybridized carbons (Fsp3) is 0.571. The summed E-state index contributed by atoms with van der Waals surface area (Å²) in [4.78, 5) is 0. The number of methoxy groups -OCH3 is 1. The Kier molecular flexibility index (Phi) is 3.88. The molecule has 1 unspecified atom stereocenters. The molecule has 0 heterocycles. The third-order valence-corrected chi connectivity index (χ3v) is 3.70. The SMILES string of the molecule is COc1ccc(C(C)NCC2(O)CCC2)c(F)c1. The number of nitrogens with one attached hydrogen (secondary N) is 1. The van der Waals surface area contributed by atoms with Crippen LogP contribution in [0.25, 0.3) is 0 Å². The molecule has 0 saturated heterocycles. The zero-order valence-electron chi connectivity index (χ0n) is 10.9. The smallest absolute Gasteiger partial charge is 0.131 e. The molecule has 1 aromatic rings. The van der Waals surface area contributed by atoms with Crippen LogP contribution in [-0.2, 0) is 0 Å². The number of hydrogen-bond acceptors (Lipinski definition) is 3. The fourth-order valence-corrected chi connectivity index (χ4v) is 2.20. The highest BCUT2D eigenvalue weighted by Gasteiger charge is 2.34. The number of ether oxygens (including phenoxy) is 1. The summed E-state index contributed by atoms with van der Waals surface area (Å²) in [5.74, 6) is 0.232. The van der Waals surface area contributed by atoms with Crippen molar-refractivity contribution >= 4 is 0 Å². The molecular weight excluding hydrogens is 233 g/mol. The molecule has 0 bridgehead atoms. The van der Waals surface area contributed by atoms with Crippen molar-refractivity contribution in [3.63, 3.8) is 0 Å². The van der Waals surface area contributed by atoms with Crippen LogP contribution in [0.2, 0.25) is 0 Å². The van der Waals surface area contributed by atoms with Gasteiger partial charge in [0.2, 0.25) is 0 Å². The zero-order chi connectivity index (χ0) is 13.2. The Morgan fingerprint density at radius 1 is 1.50 bits per heavy atom. The van der Waals surface area contributed by atoms with Crippen molar-refractivity contribution < 1.29 is 14.2 Å². The van der Waals surface area contributed by atoms with Gasteiger partial charge in [0.15, 0.2) is 0 Å². The van der Waals surface area contributed by atoms with Gasteiger partial charge in [-0.05, 0) is 32.3 Å². The van der Waals surface area contributed by atoms with E-state index in [0.29, 0.717) is 17.9 Å². The average molecular weight is 253 g/mol. The molecule has 100 valence electrons. The zero-order valence-corrected chi connectivity index (χ0v) is 10.9. The Labute approximate surface area is 107 Å². The molecule has 1 fully saturated rings. The maximum absolute atomic E-state index is 13.8. The number of aliphatic hydroxyl groups is 1. The van der Waals surface area contributed by atoms with Crippen LogP contribution in [0.4, 0.5) is 4.39 Å². The van der Waals surface area contributed by atoms with Crippen molar-refractivity contribution in [3.05, 3.63) is 29.6 Å². The van der Waals surface area contributed by atoms with E-state index in [0.717, 1.165) is 19.3 Å². The van der Waals surface area contributed by atoms with E-state index in [2.05, 4.69) is 5.32 Å². The number of benzene rings is 1. The predicted molar refractivity (Wildman–Crippen MR) is 68.2 cm³/mol. The Bertz CT molecular complexity index is 418. The normalized spacial score (nSPS) is 19.1. The molecule has 0 spiro atoms.